The molecule has 112 valence electrons. The molecule has 1 saturated heterocycles. The highest BCUT2D eigenvalue weighted by Crippen LogP contribution is 2.31. The van der Waals surface area contributed by atoms with Gasteiger partial charge in [0.15, 0.2) is 5.13 Å². The summed E-state index contributed by atoms with van der Waals surface area (Å²) >= 11 is 1.74. The van der Waals surface area contributed by atoms with Crippen molar-refractivity contribution in [2.24, 2.45) is 5.92 Å². The zero-order chi connectivity index (χ0) is 14.7. The lowest BCUT2D eigenvalue weighted by Crippen LogP contribution is -2.40. The van der Waals surface area contributed by atoms with Crippen molar-refractivity contribution in [1.82, 2.24) is 10.3 Å². The summed E-state index contributed by atoms with van der Waals surface area (Å²) < 4.78 is 1.23. The van der Waals surface area contributed by atoms with Gasteiger partial charge in [0.2, 0.25) is 5.91 Å². The predicted molar refractivity (Wildman–Crippen MR) is 87.9 cm³/mol. The van der Waals surface area contributed by atoms with Crippen LogP contribution in [0.2, 0.25) is 0 Å². The van der Waals surface area contributed by atoms with Gasteiger partial charge in [-0.15, -0.1) is 0 Å². The molecule has 1 amide bonds. The van der Waals surface area contributed by atoms with Crippen molar-refractivity contribution in [2.75, 3.05) is 24.5 Å². The molecule has 21 heavy (non-hydrogen) atoms. The number of anilines is 1. The van der Waals surface area contributed by atoms with Crippen molar-refractivity contribution in [1.29, 1.82) is 0 Å². The summed E-state index contributed by atoms with van der Waals surface area (Å²) in [6.07, 6.45) is 2.84. The summed E-state index contributed by atoms with van der Waals surface area (Å²) in [5.74, 6) is 0.392. The first kappa shape index (κ1) is 14.3. The molecule has 1 fully saturated rings. The molecular formula is C16H21N3OS. The Morgan fingerprint density at radius 3 is 2.86 bits per heavy atom. The lowest BCUT2D eigenvalue weighted by Gasteiger charge is -2.31. The Bertz CT molecular complexity index is 584. The van der Waals surface area contributed by atoms with Crippen LogP contribution in [0.4, 0.5) is 5.13 Å². The number of carbonyl (C=O) groups is 1. The van der Waals surface area contributed by atoms with Crippen molar-refractivity contribution in [3.05, 3.63) is 24.3 Å². The number of hydrogen-bond donors (Lipinski definition) is 1. The van der Waals surface area contributed by atoms with Crippen LogP contribution in [0.15, 0.2) is 24.3 Å². The van der Waals surface area contributed by atoms with E-state index in [4.69, 9.17) is 4.98 Å². The van der Waals surface area contributed by atoms with E-state index in [0.717, 1.165) is 49.5 Å². The monoisotopic (exact) mass is 303 g/mol. The number of para-hydroxylation sites is 1. The fraction of sp³-hybridized carbons (Fsp3) is 0.500. The van der Waals surface area contributed by atoms with Crippen LogP contribution < -0.4 is 10.2 Å². The van der Waals surface area contributed by atoms with Gasteiger partial charge < -0.3 is 10.2 Å². The zero-order valence-corrected chi connectivity index (χ0v) is 13.2. The topological polar surface area (TPSA) is 45.2 Å². The normalized spacial score (nSPS) is 16.3. The largest absolute Gasteiger partial charge is 0.356 e. The van der Waals surface area contributed by atoms with E-state index in [-0.39, 0.29) is 11.8 Å². The van der Waals surface area contributed by atoms with Crippen molar-refractivity contribution >= 4 is 32.6 Å². The van der Waals surface area contributed by atoms with E-state index < -0.39 is 0 Å². The fourth-order valence-electron chi connectivity index (χ4n) is 2.72. The smallest absolute Gasteiger partial charge is 0.223 e. The number of nitrogens with one attached hydrogen (secondary N) is 1. The minimum atomic E-state index is 0.169. The molecule has 5 heteroatoms. The first-order valence-corrected chi connectivity index (χ1v) is 8.48. The van der Waals surface area contributed by atoms with Gasteiger partial charge in [0.1, 0.15) is 0 Å². The molecule has 1 aromatic carbocycles. The number of nitrogens with zero attached hydrogens (tertiary/aromatic N) is 2. The maximum absolute atomic E-state index is 12.0. The third kappa shape index (κ3) is 3.18. The number of hydrogen-bond acceptors (Lipinski definition) is 4. The van der Waals surface area contributed by atoms with Gasteiger partial charge in [-0.2, -0.15) is 0 Å². The maximum atomic E-state index is 12.0. The lowest BCUT2D eigenvalue weighted by molar-refractivity contribution is -0.125. The summed E-state index contributed by atoms with van der Waals surface area (Å²) in [7, 11) is 0. The van der Waals surface area contributed by atoms with Gasteiger partial charge in [0.25, 0.3) is 0 Å². The van der Waals surface area contributed by atoms with E-state index >= 15 is 0 Å². The third-order valence-electron chi connectivity index (χ3n) is 3.97. The van der Waals surface area contributed by atoms with Gasteiger partial charge in [-0.25, -0.2) is 4.98 Å². The van der Waals surface area contributed by atoms with Gasteiger partial charge >= 0.3 is 0 Å². The average molecular weight is 303 g/mol. The van der Waals surface area contributed by atoms with Gasteiger partial charge in [-0.05, 0) is 31.4 Å². The molecule has 1 aliphatic rings. The van der Waals surface area contributed by atoms with Crippen molar-refractivity contribution < 1.29 is 4.79 Å². The van der Waals surface area contributed by atoms with Crippen LogP contribution in [0, 0.1) is 5.92 Å². The molecule has 0 aliphatic carbocycles. The number of amides is 1. The summed E-state index contributed by atoms with van der Waals surface area (Å²) in [5.41, 5.74) is 1.07. The fourth-order valence-corrected chi connectivity index (χ4v) is 3.74. The van der Waals surface area contributed by atoms with E-state index in [1.54, 1.807) is 11.3 Å². The first-order valence-electron chi connectivity index (χ1n) is 7.66. The third-order valence-corrected chi connectivity index (χ3v) is 5.07. The quantitative estimate of drug-likeness (QED) is 0.944. The molecule has 0 radical (unpaired) electrons. The summed E-state index contributed by atoms with van der Waals surface area (Å²) in [5, 5.41) is 4.09. The molecule has 0 saturated carbocycles. The van der Waals surface area contributed by atoms with Crippen LogP contribution in [0.25, 0.3) is 10.2 Å². The first-order chi connectivity index (χ1) is 10.3. The Morgan fingerprint density at radius 1 is 1.38 bits per heavy atom. The number of fused-ring (bicyclic) bond motifs is 1. The summed E-state index contributed by atoms with van der Waals surface area (Å²) in [6.45, 7) is 4.71. The number of rotatable bonds is 4. The number of aromatic nitrogens is 1. The van der Waals surface area contributed by atoms with Crippen LogP contribution in [-0.4, -0.2) is 30.5 Å². The standard InChI is InChI=1S/C16H21N3OS/c1-2-9-17-15(20)12-7-10-19(11-8-12)16-18-13-5-3-4-6-14(13)21-16/h3-6,12H,2,7-11H2,1H3,(H,17,20). The number of benzene rings is 1. The van der Waals surface area contributed by atoms with E-state index in [2.05, 4.69) is 35.3 Å². The highest BCUT2D eigenvalue weighted by molar-refractivity contribution is 7.22. The van der Waals surface area contributed by atoms with Crippen LogP contribution in [0.3, 0.4) is 0 Å². The van der Waals surface area contributed by atoms with Gasteiger partial charge in [0, 0.05) is 25.6 Å². The number of thiazole rings is 1. The zero-order valence-electron chi connectivity index (χ0n) is 12.3. The minimum Gasteiger partial charge on any atom is -0.356 e. The van der Waals surface area contributed by atoms with E-state index in [1.807, 2.05) is 6.07 Å². The second-order valence-electron chi connectivity index (χ2n) is 5.52. The van der Waals surface area contributed by atoms with E-state index in [9.17, 15) is 4.79 Å². The maximum Gasteiger partial charge on any atom is 0.223 e. The predicted octanol–water partition coefficient (Wildman–Crippen LogP) is 3.04. The van der Waals surface area contributed by atoms with Gasteiger partial charge in [-0.1, -0.05) is 30.4 Å². The molecule has 3 rings (SSSR count). The molecule has 1 aromatic heterocycles. The molecule has 0 atom stereocenters. The molecule has 1 aliphatic heterocycles. The highest BCUT2D eigenvalue weighted by Gasteiger charge is 2.26. The molecule has 0 bridgehead atoms. The lowest BCUT2D eigenvalue weighted by atomic mass is 9.96. The molecular weight excluding hydrogens is 282 g/mol. The Morgan fingerprint density at radius 2 is 2.14 bits per heavy atom. The average Bonchev–Trinajstić information content (AvgIpc) is 2.96. The minimum absolute atomic E-state index is 0.169. The van der Waals surface area contributed by atoms with Crippen LogP contribution in [-0.2, 0) is 4.79 Å². The van der Waals surface area contributed by atoms with Gasteiger partial charge in [-0.3, -0.25) is 4.79 Å². The second-order valence-corrected chi connectivity index (χ2v) is 6.53. The van der Waals surface area contributed by atoms with Crippen molar-refractivity contribution in [3.8, 4) is 0 Å². The SMILES string of the molecule is CCCNC(=O)C1CCN(c2nc3ccccc3s2)CC1. The second kappa shape index (κ2) is 6.43. The number of piperidine rings is 1. The van der Waals surface area contributed by atoms with E-state index in [1.165, 1.54) is 4.70 Å². The summed E-state index contributed by atoms with van der Waals surface area (Å²) in [6, 6.07) is 8.24. The Kier molecular flexibility index (Phi) is 4.39. The molecule has 0 spiro atoms. The van der Waals surface area contributed by atoms with E-state index in [0.29, 0.717) is 0 Å². The van der Waals surface area contributed by atoms with Crippen molar-refractivity contribution in [2.45, 2.75) is 26.2 Å². The van der Waals surface area contributed by atoms with Crippen LogP contribution in [0.5, 0.6) is 0 Å². The number of carbonyl (C=O) groups excluding carboxylic acids is 1. The van der Waals surface area contributed by atoms with Gasteiger partial charge in [0.05, 0.1) is 10.2 Å². The highest BCUT2D eigenvalue weighted by atomic mass is 32.1. The molecule has 0 unspecified atom stereocenters. The molecule has 2 heterocycles. The Labute approximate surface area is 129 Å². The molecule has 1 N–H and O–H groups in total. The van der Waals surface area contributed by atoms with Crippen molar-refractivity contribution in [3.63, 3.8) is 0 Å². The Balaban J connectivity index is 1.61. The molecule has 2 aromatic rings. The van der Waals surface area contributed by atoms with Crippen LogP contribution in [0.1, 0.15) is 26.2 Å². The Hall–Kier alpha value is -1.62. The molecule has 4 nitrogen and oxygen atoms in total. The van der Waals surface area contributed by atoms with Crippen LogP contribution >= 0.6 is 11.3 Å². The summed E-state index contributed by atoms with van der Waals surface area (Å²) in [4.78, 5) is 19.0.